The Morgan fingerprint density at radius 1 is 0.320 bits per heavy atom. The zero-order valence-corrected chi connectivity index (χ0v) is 28.1. The molecule has 1 heterocycles. The fourth-order valence-corrected chi connectivity index (χ4v) is 8.77. The summed E-state index contributed by atoms with van der Waals surface area (Å²) in [4.78, 5) is 2.42. The van der Waals surface area contributed by atoms with Crippen molar-refractivity contribution in [3.05, 3.63) is 188 Å². The molecular formula is C48H31NS. The van der Waals surface area contributed by atoms with E-state index in [4.69, 9.17) is 0 Å². The van der Waals surface area contributed by atoms with E-state index in [0.717, 1.165) is 17.1 Å². The van der Waals surface area contributed by atoms with Crippen LogP contribution in [0.25, 0.3) is 74.7 Å². The zero-order chi connectivity index (χ0) is 33.0. The number of benzene rings is 9. The van der Waals surface area contributed by atoms with E-state index in [9.17, 15) is 0 Å². The molecule has 0 radical (unpaired) electrons. The number of rotatable bonds is 5. The van der Waals surface area contributed by atoms with Crippen molar-refractivity contribution in [2.24, 2.45) is 0 Å². The molecule has 0 amide bonds. The molecule has 1 aromatic heterocycles. The molecule has 0 bridgehead atoms. The van der Waals surface area contributed by atoms with E-state index in [2.05, 4.69) is 193 Å². The number of nitrogens with zero attached hydrogens (tertiary/aromatic N) is 1. The number of thiophene rings is 1. The standard InChI is InChI=1S/C48H31NS/c1-2-12-32(13-3-1)40-16-8-10-20-46(40)49(38-27-24-34-29-45-43-19-9-11-21-47(43)50-48(45)31-36(34)28-38)37-25-22-33(23-26-37)44-30-35-14-4-5-15-39(35)41-17-6-7-18-42(41)44/h1-31H. The molecule has 0 unspecified atom stereocenters. The molecule has 2 heteroatoms. The summed E-state index contributed by atoms with van der Waals surface area (Å²) in [5, 5.41) is 10.2. The van der Waals surface area contributed by atoms with Gasteiger partial charge in [0.25, 0.3) is 0 Å². The van der Waals surface area contributed by atoms with Crippen molar-refractivity contribution in [1.29, 1.82) is 0 Å². The highest BCUT2D eigenvalue weighted by Crippen LogP contribution is 2.44. The zero-order valence-electron chi connectivity index (χ0n) is 27.3. The van der Waals surface area contributed by atoms with Gasteiger partial charge in [0.1, 0.15) is 0 Å². The monoisotopic (exact) mass is 653 g/mol. The van der Waals surface area contributed by atoms with E-state index in [0.29, 0.717) is 0 Å². The lowest BCUT2D eigenvalue weighted by atomic mass is 9.93. The largest absolute Gasteiger partial charge is 0.310 e. The quantitative estimate of drug-likeness (QED) is 0.167. The molecule has 0 N–H and O–H groups in total. The van der Waals surface area contributed by atoms with Gasteiger partial charge in [-0.2, -0.15) is 0 Å². The number of para-hydroxylation sites is 1. The van der Waals surface area contributed by atoms with Crippen LogP contribution in [-0.4, -0.2) is 0 Å². The Kier molecular flexibility index (Phi) is 6.75. The van der Waals surface area contributed by atoms with Gasteiger partial charge in [-0.15, -0.1) is 11.3 Å². The van der Waals surface area contributed by atoms with Crippen LogP contribution in [-0.2, 0) is 0 Å². The molecule has 10 rings (SSSR count). The fraction of sp³-hybridized carbons (Fsp3) is 0. The first kappa shape index (κ1) is 28.8. The minimum atomic E-state index is 1.12. The maximum atomic E-state index is 2.42. The molecule has 0 aliphatic carbocycles. The average molecular weight is 654 g/mol. The van der Waals surface area contributed by atoms with Crippen LogP contribution in [0.1, 0.15) is 0 Å². The number of hydrogen-bond donors (Lipinski definition) is 0. The van der Waals surface area contributed by atoms with Crippen molar-refractivity contribution in [1.82, 2.24) is 0 Å². The molecule has 0 aliphatic heterocycles. The molecule has 234 valence electrons. The molecule has 9 aromatic carbocycles. The second kappa shape index (κ2) is 11.7. The summed E-state index contributed by atoms with van der Waals surface area (Å²) < 4.78 is 2.65. The Morgan fingerprint density at radius 3 is 1.84 bits per heavy atom. The lowest BCUT2D eigenvalue weighted by molar-refractivity contribution is 1.29. The van der Waals surface area contributed by atoms with Crippen molar-refractivity contribution in [2.45, 2.75) is 0 Å². The van der Waals surface area contributed by atoms with Gasteiger partial charge in [0.15, 0.2) is 0 Å². The van der Waals surface area contributed by atoms with Crippen molar-refractivity contribution >= 4 is 80.9 Å². The normalized spacial score (nSPS) is 11.6. The number of anilines is 3. The Balaban J connectivity index is 1.15. The van der Waals surface area contributed by atoms with E-state index in [1.807, 2.05) is 11.3 Å². The van der Waals surface area contributed by atoms with E-state index in [1.165, 1.54) is 74.7 Å². The second-order valence-corrected chi connectivity index (χ2v) is 14.0. The molecule has 0 aliphatic rings. The van der Waals surface area contributed by atoms with Crippen LogP contribution in [0.5, 0.6) is 0 Å². The summed E-state index contributed by atoms with van der Waals surface area (Å²) in [6, 6.07) is 68.8. The minimum Gasteiger partial charge on any atom is -0.310 e. The van der Waals surface area contributed by atoms with Gasteiger partial charge < -0.3 is 4.90 Å². The van der Waals surface area contributed by atoms with Crippen molar-refractivity contribution in [3.63, 3.8) is 0 Å². The first-order chi connectivity index (χ1) is 24.8. The first-order valence-corrected chi connectivity index (χ1v) is 17.9. The average Bonchev–Trinajstić information content (AvgIpc) is 3.55. The van der Waals surface area contributed by atoms with Gasteiger partial charge in [0.05, 0.1) is 5.69 Å². The van der Waals surface area contributed by atoms with Crippen molar-refractivity contribution < 1.29 is 0 Å². The van der Waals surface area contributed by atoms with Crippen LogP contribution in [0.4, 0.5) is 17.1 Å². The van der Waals surface area contributed by atoms with E-state index in [-0.39, 0.29) is 0 Å². The molecule has 0 spiro atoms. The van der Waals surface area contributed by atoms with Gasteiger partial charge in [-0.3, -0.25) is 0 Å². The SMILES string of the molecule is c1ccc(-c2ccccc2N(c2ccc(-c3cc4ccccc4c4ccccc34)cc2)c2ccc3cc4c(cc3c2)sc2ccccc24)cc1. The number of fused-ring (bicyclic) bond motifs is 7. The summed E-state index contributed by atoms with van der Waals surface area (Å²) in [5.41, 5.74) is 8.23. The third kappa shape index (κ3) is 4.76. The minimum absolute atomic E-state index is 1.12. The molecule has 1 nitrogen and oxygen atoms in total. The summed E-state index contributed by atoms with van der Waals surface area (Å²) in [6.45, 7) is 0. The van der Waals surface area contributed by atoms with Crippen LogP contribution in [0, 0.1) is 0 Å². The highest BCUT2D eigenvalue weighted by molar-refractivity contribution is 7.25. The molecule has 0 atom stereocenters. The van der Waals surface area contributed by atoms with Crippen molar-refractivity contribution in [2.75, 3.05) is 4.90 Å². The molecular weight excluding hydrogens is 623 g/mol. The summed E-state index contributed by atoms with van der Waals surface area (Å²) in [5.74, 6) is 0. The second-order valence-electron chi connectivity index (χ2n) is 12.9. The smallest absolute Gasteiger partial charge is 0.0540 e. The Hall–Kier alpha value is -6.22. The van der Waals surface area contributed by atoms with E-state index < -0.39 is 0 Å². The molecule has 50 heavy (non-hydrogen) atoms. The third-order valence-corrected chi connectivity index (χ3v) is 11.1. The van der Waals surface area contributed by atoms with Crippen molar-refractivity contribution in [3.8, 4) is 22.3 Å². The summed E-state index contributed by atoms with van der Waals surface area (Å²) >= 11 is 1.87. The molecule has 0 saturated carbocycles. The van der Waals surface area contributed by atoms with Crippen LogP contribution < -0.4 is 4.90 Å². The van der Waals surface area contributed by atoms with Crippen LogP contribution in [0.3, 0.4) is 0 Å². The Bertz CT molecular complexity index is 2870. The van der Waals surface area contributed by atoms with Gasteiger partial charge in [-0.25, -0.2) is 0 Å². The predicted octanol–water partition coefficient (Wildman–Crippen LogP) is 14.3. The van der Waals surface area contributed by atoms with Crippen LogP contribution in [0.2, 0.25) is 0 Å². The summed E-state index contributed by atoms with van der Waals surface area (Å²) in [7, 11) is 0. The van der Waals surface area contributed by atoms with Gasteiger partial charge in [-0.05, 0) is 104 Å². The molecule has 0 fully saturated rings. The maximum absolute atomic E-state index is 2.42. The lowest BCUT2D eigenvalue weighted by Crippen LogP contribution is -2.11. The fourth-order valence-electron chi connectivity index (χ4n) is 7.64. The Morgan fingerprint density at radius 2 is 0.980 bits per heavy atom. The van der Waals surface area contributed by atoms with Crippen LogP contribution >= 0.6 is 11.3 Å². The topological polar surface area (TPSA) is 3.24 Å². The van der Waals surface area contributed by atoms with Gasteiger partial charge >= 0.3 is 0 Å². The molecule has 0 saturated heterocycles. The first-order valence-electron chi connectivity index (χ1n) is 17.1. The molecule has 10 aromatic rings. The number of hydrogen-bond acceptors (Lipinski definition) is 2. The van der Waals surface area contributed by atoms with Gasteiger partial charge in [-0.1, -0.05) is 133 Å². The van der Waals surface area contributed by atoms with E-state index in [1.54, 1.807) is 0 Å². The summed E-state index contributed by atoms with van der Waals surface area (Å²) in [6.07, 6.45) is 0. The lowest BCUT2D eigenvalue weighted by Gasteiger charge is -2.28. The van der Waals surface area contributed by atoms with Gasteiger partial charge in [0.2, 0.25) is 0 Å². The van der Waals surface area contributed by atoms with Gasteiger partial charge in [0, 0.05) is 37.1 Å². The van der Waals surface area contributed by atoms with E-state index >= 15 is 0 Å². The highest BCUT2D eigenvalue weighted by atomic mass is 32.1. The predicted molar refractivity (Wildman–Crippen MR) is 217 cm³/mol. The third-order valence-electron chi connectivity index (χ3n) is 10.0. The maximum Gasteiger partial charge on any atom is 0.0540 e. The Labute approximate surface area is 294 Å². The highest BCUT2D eigenvalue weighted by Gasteiger charge is 2.19. The van der Waals surface area contributed by atoms with Crippen LogP contribution in [0.15, 0.2) is 188 Å².